The number of amides is 1. The van der Waals surface area contributed by atoms with Gasteiger partial charge in [0.1, 0.15) is 5.75 Å². The molecule has 0 bridgehead atoms. The largest absolute Gasteiger partial charge is 0.423 e. The van der Waals surface area contributed by atoms with Crippen molar-refractivity contribution in [2.45, 2.75) is 0 Å². The molecule has 0 atom stereocenters. The van der Waals surface area contributed by atoms with Crippen LogP contribution in [0.5, 0.6) is 5.75 Å². The van der Waals surface area contributed by atoms with Crippen LogP contribution < -0.4 is 10.2 Å². The van der Waals surface area contributed by atoms with Crippen LogP contribution in [0.3, 0.4) is 0 Å². The van der Waals surface area contributed by atoms with Gasteiger partial charge >= 0.3 is 5.97 Å². The molecule has 0 aromatic heterocycles. The molecule has 0 spiro atoms. The maximum atomic E-state index is 12.1. The SMILES string of the molecule is O=C(N/N=C\c1ccc(OC(=O)c2cccc(Cl)c2)cc1)c1cccc(Br)c1. The van der Waals surface area contributed by atoms with Crippen molar-refractivity contribution >= 4 is 45.6 Å². The van der Waals surface area contributed by atoms with E-state index in [4.69, 9.17) is 16.3 Å². The highest BCUT2D eigenvalue weighted by molar-refractivity contribution is 9.10. The number of nitrogens with one attached hydrogen (secondary N) is 1. The van der Waals surface area contributed by atoms with E-state index >= 15 is 0 Å². The van der Waals surface area contributed by atoms with Gasteiger partial charge < -0.3 is 4.74 Å². The minimum Gasteiger partial charge on any atom is -0.423 e. The zero-order valence-electron chi connectivity index (χ0n) is 14.4. The van der Waals surface area contributed by atoms with E-state index in [1.54, 1.807) is 66.7 Å². The number of esters is 1. The lowest BCUT2D eigenvalue weighted by molar-refractivity contribution is 0.0734. The van der Waals surface area contributed by atoms with Crippen LogP contribution in [-0.2, 0) is 0 Å². The van der Waals surface area contributed by atoms with E-state index in [9.17, 15) is 9.59 Å². The predicted molar refractivity (Wildman–Crippen MR) is 112 cm³/mol. The van der Waals surface area contributed by atoms with E-state index in [1.165, 1.54) is 6.21 Å². The summed E-state index contributed by atoms with van der Waals surface area (Å²) in [6, 6.07) is 20.2. The fourth-order valence-corrected chi connectivity index (χ4v) is 2.85. The molecule has 1 N–H and O–H groups in total. The third-order valence-corrected chi connectivity index (χ3v) is 4.35. The maximum absolute atomic E-state index is 12.1. The quantitative estimate of drug-likeness (QED) is 0.251. The summed E-state index contributed by atoms with van der Waals surface area (Å²) in [6.07, 6.45) is 1.50. The molecule has 0 aliphatic carbocycles. The molecule has 0 fully saturated rings. The molecule has 0 unspecified atom stereocenters. The van der Waals surface area contributed by atoms with Gasteiger partial charge in [-0.3, -0.25) is 4.79 Å². The second-order valence-corrected chi connectivity index (χ2v) is 7.03. The van der Waals surface area contributed by atoms with Crippen LogP contribution in [0.15, 0.2) is 82.4 Å². The van der Waals surface area contributed by atoms with E-state index < -0.39 is 5.97 Å². The van der Waals surface area contributed by atoms with E-state index in [0.717, 1.165) is 10.0 Å². The van der Waals surface area contributed by atoms with E-state index in [2.05, 4.69) is 26.5 Å². The Morgan fingerprint density at radius 3 is 2.39 bits per heavy atom. The molecule has 0 saturated heterocycles. The summed E-state index contributed by atoms with van der Waals surface area (Å²) in [6.45, 7) is 0. The number of benzene rings is 3. The lowest BCUT2D eigenvalue weighted by atomic mass is 10.2. The van der Waals surface area contributed by atoms with Crippen LogP contribution in [0.4, 0.5) is 0 Å². The Morgan fingerprint density at radius 2 is 1.68 bits per heavy atom. The van der Waals surface area contributed by atoms with E-state index in [-0.39, 0.29) is 5.91 Å². The monoisotopic (exact) mass is 456 g/mol. The zero-order chi connectivity index (χ0) is 19.9. The van der Waals surface area contributed by atoms with Gasteiger partial charge in [0, 0.05) is 15.1 Å². The van der Waals surface area contributed by atoms with Gasteiger partial charge in [0.25, 0.3) is 5.91 Å². The van der Waals surface area contributed by atoms with Crippen molar-refractivity contribution < 1.29 is 14.3 Å². The summed E-state index contributed by atoms with van der Waals surface area (Å²) in [7, 11) is 0. The Balaban J connectivity index is 1.57. The molecule has 0 aliphatic rings. The minimum absolute atomic E-state index is 0.315. The molecule has 1 amide bonds. The summed E-state index contributed by atoms with van der Waals surface area (Å²) < 4.78 is 6.12. The molecule has 3 aromatic carbocycles. The first kappa shape index (κ1) is 19.8. The summed E-state index contributed by atoms with van der Waals surface area (Å²) >= 11 is 9.19. The van der Waals surface area contributed by atoms with Crippen LogP contribution >= 0.6 is 27.5 Å². The number of hydrogen-bond donors (Lipinski definition) is 1. The van der Waals surface area contributed by atoms with E-state index in [1.807, 2.05) is 6.07 Å². The Kier molecular flexibility index (Phi) is 6.57. The molecule has 3 aromatic rings. The number of hydrogen-bond acceptors (Lipinski definition) is 4. The normalized spacial score (nSPS) is 10.6. The predicted octanol–water partition coefficient (Wildman–Crippen LogP) is 5.09. The highest BCUT2D eigenvalue weighted by Crippen LogP contribution is 2.16. The Morgan fingerprint density at radius 1 is 0.964 bits per heavy atom. The molecule has 0 radical (unpaired) electrons. The van der Waals surface area contributed by atoms with Crippen LogP contribution in [-0.4, -0.2) is 18.1 Å². The standard InChI is InChI=1S/C21H14BrClN2O3/c22-17-5-1-3-15(11-17)20(26)25-24-13-14-7-9-19(10-8-14)28-21(27)16-4-2-6-18(23)12-16/h1-13H,(H,25,26)/b24-13-. The molecule has 7 heteroatoms. The lowest BCUT2D eigenvalue weighted by Gasteiger charge is -2.05. The molecule has 140 valence electrons. The van der Waals surface area contributed by atoms with Crippen LogP contribution in [0.25, 0.3) is 0 Å². The van der Waals surface area contributed by atoms with Crippen molar-refractivity contribution in [3.8, 4) is 5.75 Å². The first-order valence-electron chi connectivity index (χ1n) is 8.18. The first-order chi connectivity index (χ1) is 13.5. The summed E-state index contributed by atoms with van der Waals surface area (Å²) in [5.41, 5.74) is 4.06. The van der Waals surface area contributed by atoms with Crippen LogP contribution in [0.2, 0.25) is 5.02 Å². The highest BCUT2D eigenvalue weighted by Gasteiger charge is 2.09. The van der Waals surface area contributed by atoms with Gasteiger partial charge in [-0.2, -0.15) is 5.10 Å². The topological polar surface area (TPSA) is 67.8 Å². The van der Waals surface area contributed by atoms with Gasteiger partial charge in [0.15, 0.2) is 0 Å². The molecule has 0 aliphatic heterocycles. The number of hydrazone groups is 1. The average Bonchev–Trinajstić information content (AvgIpc) is 2.69. The number of halogens is 2. The summed E-state index contributed by atoms with van der Waals surface area (Å²) in [5.74, 6) is -0.421. The van der Waals surface area contributed by atoms with Gasteiger partial charge in [-0.25, -0.2) is 10.2 Å². The third-order valence-electron chi connectivity index (χ3n) is 3.62. The molecular weight excluding hydrogens is 444 g/mol. The molecular formula is C21H14BrClN2O3. The number of rotatable bonds is 5. The zero-order valence-corrected chi connectivity index (χ0v) is 16.8. The molecule has 0 saturated carbocycles. The van der Waals surface area contributed by atoms with Crippen molar-refractivity contribution in [3.05, 3.63) is 99.0 Å². The summed E-state index contributed by atoms with van der Waals surface area (Å²) in [4.78, 5) is 24.1. The van der Waals surface area contributed by atoms with Gasteiger partial charge in [0.05, 0.1) is 11.8 Å². The number of carbonyl (C=O) groups excluding carboxylic acids is 2. The number of carbonyl (C=O) groups is 2. The van der Waals surface area contributed by atoms with E-state index in [0.29, 0.717) is 21.9 Å². The van der Waals surface area contributed by atoms with Gasteiger partial charge in [0.2, 0.25) is 0 Å². The van der Waals surface area contributed by atoms with Crippen molar-refractivity contribution in [3.63, 3.8) is 0 Å². The number of ether oxygens (including phenoxy) is 1. The second-order valence-electron chi connectivity index (χ2n) is 5.68. The third kappa shape index (κ3) is 5.52. The fraction of sp³-hybridized carbons (Fsp3) is 0. The maximum Gasteiger partial charge on any atom is 0.343 e. The second kappa shape index (κ2) is 9.30. The Labute approximate surface area is 175 Å². The average molecular weight is 458 g/mol. The summed E-state index contributed by atoms with van der Waals surface area (Å²) in [5, 5.41) is 4.40. The number of nitrogens with zero attached hydrogens (tertiary/aromatic N) is 1. The highest BCUT2D eigenvalue weighted by atomic mass is 79.9. The van der Waals surface area contributed by atoms with Crippen molar-refractivity contribution in [1.29, 1.82) is 0 Å². The minimum atomic E-state index is -0.495. The van der Waals surface area contributed by atoms with Gasteiger partial charge in [-0.15, -0.1) is 0 Å². The molecule has 0 heterocycles. The smallest absolute Gasteiger partial charge is 0.343 e. The Hall–Kier alpha value is -2.96. The molecule has 5 nitrogen and oxygen atoms in total. The van der Waals surface area contributed by atoms with Crippen molar-refractivity contribution in [2.24, 2.45) is 5.10 Å². The molecule has 28 heavy (non-hydrogen) atoms. The van der Waals surface area contributed by atoms with Crippen LogP contribution in [0, 0.1) is 0 Å². The first-order valence-corrected chi connectivity index (χ1v) is 9.35. The molecule has 3 rings (SSSR count). The van der Waals surface area contributed by atoms with Crippen LogP contribution in [0.1, 0.15) is 26.3 Å². The fourth-order valence-electron chi connectivity index (χ4n) is 2.26. The van der Waals surface area contributed by atoms with Gasteiger partial charge in [-0.1, -0.05) is 39.7 Å². The van der Waals surface area contributed by atoms with Crippen molar-refractivity contribution in [1.82, 2.24) is 5.43 Å². The lowest BCUT2D eigenvalue weighted by Crippen LogP contribution is -2.17. The Bertz CT molecular complexity index is 1040. The van der Waals surface area contributed by atoms with Crippen molar-refractivity contribution in [2.75, 3.05) is 0 Å². The van der Waals surface area contributed by atoms with Gasteiger partial charge in [-0.05, 0) is 66.2 Å².